The van der Waals surface area contributed by atoms with E-state index in [2.05, 4.69) is 18.8 Å². The van der Waals surface area contributed by atoms with Crippen LogP contribution in [0.15, 0.2) is 24.5 Å². The fourth-order valence-electron chi connectivity index (χ4n) is 1.25. The van der Waals surface area contributed by atoms with Crippen LogP contribution in [0.4, 0.5) is 0 Å². The first kappa shape index (κ1) is 9.24. The summed E-state index contributed by atoms with van der Waals surface area (Å²) < 4.78 is 0. The second-order valence-corrected chi connectivity index (χ2v) is 3.12. The van der Waals surface area contributed by atoms with E-state index in [9.17, 15) is 0 Å². The molecule has 1 unspecified atom stereocenters. The van der Waals surface area contributed by atoms with Crippen molar-refractivity contribution in [2.24, 2.45) is 0 Å². The summed E-state index contributed by atoms with van der Waals surface area (Å²) in [5, 5.41) is 0. The van der Waals surface area contributed by atoms with E-state index in [1.807, 2.05) is 24.5 Å². The molecule has 1 nitrogen and oxygen atoms in total. The zero-order chi connectivity index (χ0) is 8.81. The molecule has 0 saturated heterocycles. The molecule has 0 aliphatic heterocycles. The van der Waals surface area contributed by atoms with Gasteiger partial charge in [-0.2, -0.15) is 0 Å². The van der Waals surface area contributed by atoms with Crippen molar-refractivity contribution in [2.45, 2.75) is 32.1 Å². The molecule has 1 aromatic heterocycles. The van der Waals surface area contributed by atoms with Gasteiger partial charge in [-0.25, -0.2) is 0 Å². The van der Waals surface area contributed by atoms with Crippen molar-refractivity contribution in [1.29, 1.82) is 0 Å². The quantitative estimate of drug-likeness (QED) is 0.662. The van der Waals surface area contributed by atoms with Crippen molar-refractivity contribution >= 4 is 0 Å². The Hall–Kier alpha value is -0.850. The van der Waals surface area contributed by atoms with E-state index in [-0.39, 0.29) is 0 Å². The van der Waals surface area contributed by atoms with Gasteiger partial charge in [-0.3, -0.25) is 4.98 Å². The van der Waals surface area contributed by atoms with E-state index in [0.717, 1.165) is 0 Å². The van der Waals surface area contributed by atoms with Gasteiger partial charge in [-0.1, -0.05) is 19.8 Å². The second-order valence-electron chi connectivity index (χ2n) is 3.12. The predicted octanol–water partition coefficient (Wildman–Crippen LogP) is 3.19. The van der Waals surface area contributed by atoms with Gasteiger partial charge in [-0.05, 0) is 37.0 Å². The van der Waals surface area contributed by atoms with Gasteiger partial charge >= 0.3 is 0 Å². The third-order valence-electron chi connectivity index (χ3n) is 2.08. The number of pyridine rings is 1. The SMILES string of the molecule is [CH2]C(CCCC)c1ccncc1. The van der Waals surface area contributed by atoms with Crippen molar-refractivity contribution in [1.82, 2.24) is 4.98 Å². The van der Waals surface area contributed by atoms with Crippen LogP contribution in [0, 0.1) is 6.92 Å². The Balaban J connectivity index is 2.48. The fraction of sp³-hybridized carbons (Fsp3) is 0.455. The molecule has 0 aliphatic carbocycles. The first-order valence-corrected chi connectivity index (χ1v) is 4.57. The lowest BCUT2D eigenvalue weighted by atomic mass is 9.97. The molecule has 65 valence electrons. The summed E-state index contributed by atoms with van der Waals surface area (Å²) in [6.07, 6.45) is 7.35. The molecule has 12 heavy (non-hydrogen) atoms. The maximum atomic E-state index is 4.12. The van der Waals surface area contributed by atoms with Crippen molar-refractivity contribution in [3.63, 3.8) is 0 Å². The molecule has 0 fully saturated rings. The normalized spacial score (nSPS) is 12.8. The first-order chi connectivity index (χ1) is 5.84. The highest BCUT2D eigenvalue weighted by molar-refractivity contribution is 5.16. The number of unbranched alkanes of at least 4 members (excludes halogenated alkanes) is 1. The summed E-state index contributed by atoms with van der Waals surface area (Å²) in [4.78, 5) is 3.98. The summed E-state index contributed by atoms with van der Waals surface area (Å²) in [5.41, 5.74) is 1.30. The van der Waals surface area contributed by atoms with E-state index in [4.69, 9.17) is 0 Å². The average molecular weight is 162 g/mol. The molecule has 0 N–H and O–H groups in total. The Kier molecular flexibility index (Phi) is 3.78. The zero-order valence-corrected chi connectivity index (χ0v) is 7.66. The second kappa shape index (κ2) is 4.91. The molecule has 0 aromatic carbocycles. The van der Waals surface area contributed by atoms with Gasteiger partial charge in [0.25, 0.3) is 0 Å². The molecule has 1 radical (unpaired) electrons. The highest BCUT2D eigenvalue weighted by Crippen LogP contribution is 2.19. The Morgan fingerprint density at radius 3 is 2.67 bits per heavy atom. The lowest BCUT2D eigenvalue weighted by Gasteiger charge is -2.09. The van der Waals surface area contributed by atoms with Crippen molar-refractivity contribution < 1.29 is 0 Å². The Morgan fingerprint density at radius 1 is 1.42 bits per heavy atom. The molecular weight excluding hydrogens is 146 g/mol. The number of hydrogen-bond acceptors (Lipinski definition) is 1. The van der Waals surface area contributed by atoms with Crippen LogP contribution in [0.2, 0.25) is 0 Å². The van der Waals surface area contributed by atoms with Crippen LogP contribution in [-0.2, 0) is 0 Å². The molecule has 0 saturated carbocycles. The molecule has 0 bridgehead atoms. The lowest BCUT2D eigenvalue weighted by Crippen LogP contribution is -1.93. The van der Waals surface area contributed by atoms with Crippen LogP contribution in [0.5, 0.6) is 0 Å². The molecule has 0 aliphatic rings. The summed E-state index contributed by atoms with van der Waals surface area (Å²) in [5.74, 6) is 0.438. The minimum atomic E-state index is 0.438. The van der Waals surface area contributed by atoms with E-state index in [1.54, 1.807) is 0 Å². The van der Waals surface area contributed by atoms with Gasteiger partial charge in [-0.15, -0.1) is 0 Å². The average Bonchev–Trinajstić information content (AvgIpc) is 2.15. The van der Waals surface area contributed by atoms with Gasteiger partial charge in [0.05, 0.1) is 0 Å². The molecule has 1 atom stereocenters. The molecule has 0 amide bonds. The largest absolute Gasteiger partial charge is 0.265 e. The van der Waals surface area contributed by atoms with E-state index < -0.39 is 0 Å². The maximum absolute atomic E-state index is 4.12. The maximum Gasteiger partial charge on any atom is 0.0270 e. The summed E-state index contributed by atoms with van der Waals surface area (Å²) in [6.45, 7) is 6.33. The third-order valence-corrected chi connectivity index (χ3v) is 2.08. The topological polar surface area (TPSA) is 12.9 Å². The van der Waals surface area contributed by atoms with Crippen LogP contribution in [0.25, 0.3) is 0 Å². The van der Waals surface area contributed by atoms with Crippen LogP contribution in [0.3, 0.4) is 0 Å². The monoisotopic (exact) mass is 162 g/mol. The number of aromatic nitrogens is 1. The Bertz CT molecular complexity index is 206. The van der Waals surface area contributed by atoms with Crippen LogP contribution in [0.1, 0.15) is 37.7 Å². The summed E-state index contributed by atoms with van der Waals surface area (Å²) in [7, 11) is 0. The first-order valence-electron chi connectivity index (χ1n) is 4.57. The molecular formula is C11H16N. The van der Waals surface area contributed by atoms with Gasteiger partial charge in [0, 0.05) is 12.4 Å². The minimum Gasteiger partial charge on any atom is -0.265 e. The van der Waals surface area contributed by atoms with Crippen molar-refractivity contribution in [3.8, 4) is 0 Å². The van der Waals surface area contributed by atoms with Crippen LogP contribution < -0.4 is 0 Å². The van der Waals surface area contributed by atoms with E-state index in [1.165, 1.54) is 24.8 Å². The zero-order valence-electron chi connectivity index (χ0n) is 7.66. The number of nitrogens with zero attached hydrogens (tertiary/aromatic N) is 1. The molecule has 1 heterocycles. The highest BCUT2D eigenvalue weighted by Gasteiger charge is 2.02. The van der Waals surface area contributed by atoms with E-state index in [0.29, 0.717) is 5.92 Å². The standard InChI is InChI=1S/C11H16N/c1-3-4-5-10(2)11-6-8-12-9-7-11/h6-10H,2-5H2,1H3. The van der Waals surface area contributed by atoms with Gasteiger partial charge in [0.2, 0.25) is 0 Å². The minimum absolute atomic E-state index is 0.438. The van der Waals surface area contributed by atoms with Crippen molar-refractivity contribution in [2.75, 3.05) is 0 Å². The van der Waals surface area contributed by atoms with Crippen molar-refractivity contribution in [3.05, 3.63) is 37.0 Å². The van der Waals surface area contributed by atoms with Gasteiger partial charge < -0.3 is 0 Å². The number of hydrogen-bond donors (Lipinski definition) is 0. The van der Waals surface area contributed by atoms with Crippen LogP contribution in [-0.4, -0.2) is 4.98 Å². The predicted molar refractivity (Wildman–Crippen MR) is 51.9 cm³/mol. The fourth-order valence-corrected chi connectivity index (χ4v) is 1.25. The summed E-state index contributed by atoms with van der Waals surface area (Å²) >= 11 is 0. The smallest absolute Gasteiger partial charge is 0.0270 e. The third kappa shape index (κ3) is 2.65. The molecule has 1 aromatic rings. The Labute approximate surface area is 74.8 Å². The Morgan fingerprint density at radius 2 is 2.08 bits per heavy atom. The highest BCUT2D eigenvalue weighted by atomic mass is 14.6. The molecule has 0 spiro atoms. The van der Waals surface area contributed by atoms with E-state index >= 15 is 0 Å². The van der Waals surface area contributed by atoms with Gasteiger partial charge in [0.1, 0.15) is 0 Å². The van der Waals surface area contributed by atoms with Gasteiger partial charge in [0.15, 0.2) is 0 Å². The molecule has 1 heteroatoms. The number of rotatable bonds is 4. The molecule has 1 rings (SSSR count). The lowest BCUT2D eigenvalue weighted by molar-refractivity contribution is 0.661. The van der Waals surface area contributed by atoms with Crippen LogP contribution >= 0.6 is 0 Å². The summed E-state index contributed by atoms with van der Waals surface area (Å²) in [6, 6.07) is 4.10.